The van der Waals surface area contributed by atoms with Gasteiger partial charge in [0, 0.05) is 0 Å². The van der Waals surface area contributed by atoms with Gasteiger partial charge >= 0.3 is 12.1 Å². The van der Waals surface area contributed by atoms with Crippen LogP contribution in [0.4, 0.5) is 18.9 Å². The number of nitrogens with one attached hydrogen (secondary N) is 2. The Balaban J connectivity index is 2.67. The number of hydrogen-bond donors (Lipinski definition) is 3. The molecule has 110 valence electrons. The van der Waals surface area contributed by atoms with E-state index in [-0.39, 0.29) is 11.3 Å². The Kier molecular flexibility index (Phi) is 5.09. The van der Waals surface area contributed by atoms with E-state index in [0.717, 1.165) is 0 Å². The van der Waals surface area contributed by atoms with Crippen LogP contribution >= 0.6 is 0 Å². The van der Waals surface area contributed by atoms with Crippen molar-refractivity contribution in [3.8, 4) is 0 Å². The number of carbonyl (C=O) groups excluding carboxylic acids is 1. The van der Waals surface area contributed by atoms with Gasteiger partial charge in [-0.3, -0.25) is 4.79 Å². The third-order valence-electron chi connectivity index (χ3n) is 2.37. The molecule has 0 aliphatic rings. The number of carbonyl (C=O) groups is 2. The van der Waals surface area contributed by atoms with E-state index in [4.69, 9.17) is 5.11 Å². The van der Waals surface area contributed by atoms with Crippen LogP contribution in [-0.4, -0.2) is 36.2 Å². The molecule has 3 N–H and O–H groups in total. The quantitative estimate of drug-likeness (QED) is 0.772. The molecule has 1 amide bonds. The van der Waals surface area contributed by atoms with Crippen molar-refractivity contribution in [2.24, 2.45) is 0 Å². The first-order valence-corrected chi connectivity index (χ1v) is 5.61. The van der Waals surface area contributed by atoms with Gasteiger partial charge in [0.05, 0.1) is 24.3 Å². The molecule has 8 heteroatoms. The fourth-order valence-corrected chi connectivity index (χ4v) is 1.57. The lowest BCUT2D eigenvalue weighted by Crippen LogP contribution is -2.35. The van der Waals surface area contributed by atoms with Crippen LogP contribution in [0.5, 0.6) is 0 Å². The summed E-state index contributed by atoms with van der Waals surface area (Å²) in [5.74, 6) is -1.97. The van der Waals surface area contributed by atoms with Crippen molar-refractivity contribution >= 4 is 17.6 Å². The molecule has 0 unspecified atom stereocenters. The highest BCUT2D eigenvalue weighted by Crippen LogP contribution is 2.19. The van der Waals surface area contributed by atoms with E-state index in [2.05, 4.69) is 5.32 Å². The number of anilines is 1. The molecule has 0 atom stereocenters. The second kappa shape index (κ2) is 6.38. The van der Waals surface area contributed by atoms with Gasteiger partial charge in [-0.05, 0) is 18.6 Å². The van der Waals surface area contributed by atoms with Crippen LogP contribution in [0.25, 0.3) is 0 Å². The highest BCUT2D eigenvalue weighted by atomic mass is 19.4. The molecule has 0 fully saturated rings. The third-order valence-corrected chi connectivity index (χ3v) is 2.37. The number of carboxylic acid groups (broad SMARTS) is 1. The summed E-state index contributed by atoms with van der Waals surface area (Å²) in [5.41, 5.74) is 0.409. The normalized spacial score (nSPS) is 11.2. The van der Waals surface area contributed by atoms with Crippen molar-refractivity contribution < 1.29 is 27.9 Å². The Hall–Kier alpha value is -2.09. The minimum Gasteiger partial charge on any atom is -0.478 e. The summed E-state index contributed by atoms with van der Waals surface area (Å²) in [7, 11) is 0. The molecule has 0 aliphatic heterocycles. The van der Waals surface area contributed by atoms with Gasteiger partial charge in [0.2, 0.25) is 5.91 Å². The van der Waals surface area contributed by atoms with Crippen LogP contribution in [0.1, 0.15) is 15.9 Å². The molecule has 0 spiro atoms. The molecule has 0 aromatic heterocycles. The van der Waals surface area contributed by atoms with Crippen LogP contribution in [-0.2, 0) is 4.79 Å². The molecule has 20 heavy (non-hydrogen) atoms. The van der Waals surface area contributed by atoms with Gasteiger partial charge in [-0.25, -0.2) is 4.79 Å². The molecule has 0 radical (unpaired) electrons. The Morgan fingerprint density at radius 3 is 2.50 bits per heavy atom. The summed E-state index contributed by atoms with van der Waals surface area (Å²) in [4.78, 5) is 22.5. The van der Waals surface area contributed by atoms with Crippen molar-refractivity contribution in [1.82, 2.24) is 5.32 Å². The minimum absolute atomic E-state index is 0.0521. The number of amides is 1. The molecule has 0 heterocycles. The van der Waals surface area contributed by atoms with Gasteiger partial charge in [-0.2, -0.15) is 13.2 Å². The van der Waals surface area contributed by atoms with E-state index in [1.807, 2.05) is 5.32 Å². The van der Waals surface area contributed by atoms with Crippen molar-refractivity contribution in [1.29, 1.82) is 0 Å². The van der Waals surface area contributed by atoms with Gasteiger partial charge in [-0.1, -0.05) is 12.1 Å². The average Bonchev–Trinajstić information content (AvgIpc) is 2.26. The van der Waals surface area contributed by atoms with E-state index in [0.29, 0.717) is 5.56 Å². The fraction of sp³-hybridized carbons (Fsp3) is 0.333. The summed E-state index contributed by atoms with van der Waals surface area (Å²) < 4.78 is 35.7. The Labute approximate surface area is 112 Å². The molecule has 0 aliphatic carbocycles. The highest BCUT2D eigenvalue weighted by Gasteiger charge is 2.26. The Morgan fingerprint density at radius 2 is 1.95 bits per heavy atom. The first-order chi connectivity index (χ1) is 9.20. The van der Waals surface area contributed by atoms with E-state index in [1.165, 1.54) is 6.07 Å². The molecular weight excluding hydrogens is 277 g/mol. The van der Waals surface area contributed by atoms with Crippen LogP contribution in [0, 0.1) is 6.92 Å². The molecule has 1 aromatic rings. The molecule has 0 bridgehead atoms. The largest absolute Gasteiger partial charge is 0.478 e. The maximum Gasteiger partial charge on any atom is 0.401 e. The van der Waals surface area contributed by atoms with Gasteiger partial charge in [0.15, 0.2) is 0 Å². The smallest absolute Gasteiger partial charge is 0.401 e. The van der Waals surface area contributed by atoms with Crippen LogP contribution < -0.4 is 10.6 Å². The molecule has 5 nitrogen and oxygen atoms in total. The van der Waals surface area contributed by atoms with Gasteiger partial charge in [-0.15, -0.1) is 0 Å². The molecule has 1 rings (SSSR count). The standard InChI is InChI=1S/C12H13F3N2O3/c1-7-3-2-4-8(10(7)11(19)20)17-9(18)5-16-6-12(13,14)15/h2-4,16H,5-6H2,1H3,(H,17,18)(H,19,20). The van der Waals surface area contributed by atoms with E-state index in [1.54, 1.807) is 19.1 Å². The van der Waals surface area contributed by atoms with Crippen molar-refractivity contribution in [3.63, 3.8) is 0 Å². The first kappa shape index (κ1) is 16.0. The number of alkyl halides is 3. The zero-order valence-corrected chi connectivity index (χ0v) is 10.5. The molecule has 0 saturated heterocycles. The highest BCUT2D eigenvalue weighted by molar-refractivity contribution is 6.02. The second-order valence-corrected chi connectivity index (χ2v) is 4.07. The zero-order valence-electron chi connectivity index (χ0n) is 10.5. The maximum absolute atomic E-state index is 11.9. The van der Waals surface area contributed by atoms with Crippen LogP contribution in [0.2, 0.25) is 0 Å². The van der Waals surface area contributed by atoms with E-state index >= 15 is 0 Å². The second-order valence-electron chi connectivity index (χ2n) is 4.07. The Bertz CT molecular complexity index is 515. The van der Waals surface area contributed by atoms with Gasteiger partial charge in [0.25, 0.3) is 0 Å². The zero-order chi connectivity index (χ0) is 15.3. The average molecular weight is 290 g/mol. The Morgan fingerprint density at radius 1 is 1.30 bits per heavy atom. The molecule has 0 saturated carbocycles. The van der Waals surface area contributed by atoms with Crippen LogP contribution in [0.3, 0.4) is 0 Å². The van der Waals surface area contributed by atoms with Gasteiger partial charge < -0.3 is 15.7 Å². The summed E-state index contributed by atoms with van der Waals surface area (Å²) in [6.45, 7) is -0.298. The number of aryl methyl sites for hydroxylation is 1. The SMILES string of the molecule is Cc1cccc(NC(=O)CNCC(F)(F)F)c1C(=O)O. The summed E-state index contributed by atoms with van der Waals surface area (Å²) in [6, 6.07) is 4.47. The van der Waals surface area contributed by atoms with E-state index in [9.17, 15) is 22.8 Å². The topological polar surface area (TPSA) is 78.4 Å². The predicted molar refractivity (Wildman–Crippen MR) is 65.7 cm³/mol. The lowest BCUT2D eigenvalue weighted by Gasteiger charge is -2.11. The lowest BCUT2D eigenvalue weighted by molar-refractivity contribution is -0.126. The lowest BCUT2D eigenvalue weighted by atomic mass is 10.1. The maximum atomic E-state index is 11.9. The number of rotatable bonds is 5. The number of aromatic carboxylic acids is 1. The molecular formula is C12H13F3N2O3. The van der Waals surface area contributed by atoms with Crippen LogP contribution in [0.15, 0.2) is 18.2 Å². The van der Waals surface area contributed by atoms with E-state index < -0.39 is 31.1 Å². The third kappa shape index (κ3) is 4.88. The number of carboxylic acids is 1. The van der Waals surface area contributed by atoms with Gasteiger partial charge in [0.1, 0.15) is 0 Å². The summed E-state index contributed by atoms with van der Waals surface area (Å²) in [5, 5.41) is 13.2. The summed E-state index contributed by atoms with van der Waals surface area (Å²) in [6.07, 6.45) is -4.41. The number of halogens is 3. The van der Waals surface area contributed by atoms with Crippen molar-refractivity contribution in [3.05, 3.63) is 29.3 Å². The molecule has 1 aromatic carbocycles. The van der Waals surface area contributed by atoms with Crippen molar-refractivity contribution in [2.45, 2.75) is 13.1 Å². The van der Waals surface area contributed by atoms with Crippen molar-refractivity contribution in [2.75, 3.05) is 18.4 Å². The number of benzene rings is 1. The number of hydrogen-bond acceptors (Lipinski definition) is 3. The summed E-state index contributed by atoms with van der Waals surface area (Å²) >= 11 is 0. The predicted octanol–water partition coefficient (Wildman–Crippen LogP) is 1.78. The monoisotopic (exact) mass is 290 g/mol. The fourth-order valence-electron chi connectivity index (χ4n) is 1.57. The first-order valence-electron chi connectivity index (χ1n) is 5.61. The minimum atomic E-state index is -4.41.